The number of ether oxygens (including phenoxy) is 1. The van der Waals surface area contributed by atoms with Crippen molar-refractivity contribution < 1.29 is 13.9 Å². The van der Waals surface area contributed by atoms with Crippen molar-refractivity contribution in [2.45, 2.75) is 25.4 Å². The molecule has 1 fully saturated rings. The maximum Gasteiger partial charge on any atom is 0.272 e. The van der Waals surface area contributed by atoms with Gasteiger partial charge in [0, 0.05) is 42.8 Å². The minimum atomic E-state index is -0.558. The topological polar surface area (TPSA) is 75.3 Å². The van der Waals surface area contributed by atoms with Crippen LogP contribution in [0.2, 0.25) is 5.02 Å². The summed E-state index contributed by atoms with van der Waals surface area (Å²) in [5.41, 5.74) is 1.17. The smallest absolute Gasteiger partial charge is 0.272 e. The van der Waals surface area contributed by atoms with Crippen molar-refractivity contribution in [2.24, 2.45) is 0 Å². The van der Waals surface area contributed by atoms with Gasteiger partial charge in [-0.1, -0.05) is 35.9 Å². The summed E-state index contributed by atoms with van der Waals surface area (Å²) in [5.74, 6) is -0.160. The zero-order chi connectivity index (χ0) is 24.4. The van der Waals surface area contributed by atoms with Crippen LogP contribution in [0.5, 0.6) is 5.75 Å². The molecule has 5 rings (SSSR count). The van der Waals surface area contributed by atoms with Crippen molar-refractivity contribution in [1.82, 2.24) is 15.1 Å². The Labute approximate surface area is 206 Å². The molecular formula is C27H23ClFN3O3. The maximum atomic E-state index is 14.7. The summed E-state index contributed by atoms with van der Waals surface area (Å²) in [6.45, 7) is 0.958. The number of likely N-dealkylation sites (tertiary alicyclic amines) is 1. The molecule has 1 aliphatic rings. The molecule has 0 radical (unpaired) electrons. The van der Waals surface area contributed by atoms with Crippen molar-refractivity contribution in [3.63, 3.8) is 0 Å². The molecule has 1 aliphatic heterocycles. The number of hydrogen-bond donors (Lipinski definition) is 1. The lowest BCUT2D eigenvalue weighted by molar-refractivity contribution is 0.0591. The average molecular weight is 492 g/mol. The van der Waals surface area contributed by atoms with Gasteiger partial charge >= 0.3 is 0 Å². The Morgan fingerprint density at radius 3 is 2.51 bits per heavy atom. The third kappa shape index (κ3) is 5.05. The molecule has 1 aromatic heterocycles. The van der Waals surface area contributed by atoms with Gasteiger partial charge in [-0.25, -0.2) is 9.49 Å². The van der Waals surface area contributed by atoms with Gasteiger partial charge in [0.25, 0.3) is 11.5 Å². The van der Waals surface area contributed by atoms with E-state index in [1.807, 2.05) is 24.3 Å². The van der Waals surface area contributed by atoms with Crippen LogP contribution in [0.3, 0.4) is 0 Å². The van der Waals surface area contributed by atoms with E-state index in [1.165, 1.54) is 6.07 Å². The van der Waals surface area contributed by atoms with Gasteiger partial charge < -0.3 is 9.64 Å². The van der Waals surface area contributed by atoms with Crippen LogP contribution in [0.4, 0.5) is 4.39 Å². The lowest BCUT2D eigenvalue weighted by atomic mass is 10.0. The number of carbonyl (C=O) groups is 1. The van der Waals surface area contributed by atoms with Gasteiger partial charge in [-0.15, -0.1) is 0 Å². The van der Waals surface area contributed by atoms with E-state index in [2.05, 4.69) is 10.2 Å². The van der Waals surface area contributed by atoms with Gasteiger partial charge in [0.2, 0.25) is 0 Å². The summed E-state index contributed by atoms with van der Waals surface area (Å²) < 4.78 is 20.7. The number of aromatic amines is 1. The van der Waals surface area contributed by atoms with E-state index >= 15 is 0 Å². The molecule has 0 atom stereocenters. The Hall–Kier alpha value is -3.71. The molecule has 2 heterocycles. The highest BCUT2D eigenvalue weighted by Gasteiger charge is 2.26. The van der Waals surface area contributed by atoms with Crippen LogP contribution in [0.1, 0.15) is 34.5 Å². The summed E-state index contributed by atoms with van der Waals surface area (Å²) in [7, 11) is 0. The first kappa shape index (κ1) is 23.1. The van der Waals surface area contributed by atoms with Gasteiger partial charge in [0.05, 0.1) is 16.6 Å². The van der Waals surface area contributed by atoms with Gasteiger partial charge in [-0.3, -0.25) is 9.59 Å². The van der Waals surface area contributed by atoms with Crippen LogP contribution in [0, 0.1) is 5.82 Å². The van der Waals surface area contributed by atoms with Crippen molar-refractivity contribution in [2.75, 3.05) is 13.1 Å². The lowest BCUT2D eigenvalue weighted by Gasteiger charge is -2.32. The largest absolute Gasteiger partial charge is 0.490 e. The van der Waals surface area contributed by atoms with E-state index in [4.69, 9.17) is 16.3 Å². The minimum Gasteiger partial charge on any atom is -0.490 e. The zero-order valence-electron chi connectivity index (χ0n) is 18.8. The average Bonchev–Trinajstić information content (AvgIpc) is 2.88. The third-order valence-corrected chi connectivity index (χ3v) is 6.51. The highest BCUT2D eigenvalue weighted by Crippen LogP contribution is 2.24. The molecule has 0 saturated carbocycles. The molecule has 1 N–H and O–H groups in total. The molecule has 6 nitrogen and oxygen atoms in total. The molecule has 0 aliphatic carbocycles. The molecule has 35 heavy (non-hydrogen) atoms. The monoisotopic (exact) mass is 491 g/mol. The molecule has 4 aromatic rings. The molecule has 0 spiro atoms. The fourth-order valence-corrected chi connectivity index (χ4v) is 4.52. The van der Waals surface area contributed by atoms with Crippen LogP contribution < -0.4 is 10.3 Å². The first-order valence-corrected chi connectivity index (χ1v) is 11.8. The van der Waals surface area contributed by atoms with Gasteiger partial charge in [-0.05, 0) is 48.0 Å². The number of aromatic nitrogens is 2. The molecule has 8 heteroatoms. The predicted octanol–water partition coefficient (Wildman–Crippen LogP) is 4.99. The predicted molar refractivity (Wildman–Crippen MR) is 133 cm³/mol. The van der Waals surface area contributed by atoms with Crippen molar-refractivity contribution in [3.8, 4) is 5.75 Å². The van der Waals surface area contributed by atoms with Gasteiger partial charge in [0.15, 0.2) is 0 Å². The maximum absolute atomic E-state index is 14.7. The fraction of sp³-hybridized carbons (Fsp3) is 0.222. The summed E-state index contributed by atoms with van der Waals surface area (Å²) in [5, 5.41) is 8.62. The normalized spacial score (nSPS) is 14.3. The summed E-state index contributed by atoms with van der Waals surface area (Å²) in [4.78, 5) is 26.9. The van der Waals surface area contributed by atoms with Crippen LogP contribution >= 0.6 is 11.6 Å². The van der Waals surface area contributed by atoms with E-state index in [0.717, 1.165) is 16.7 Å². The van der Waals surface area contributed by atoms with E-state index in [1.54, 1.807) is 41.3 Å². The molecule has 178 valence electrons. The van der Waals surface area contributed by atoms with Crippen LogP contribution in [-0.2, 0) is 6.42 Å². The summed E-state index contributed by atoms with van der Waals surface area (Å²) >= 11 is 5.92. The van der Waals surface area contributed by atoms with Crippen molar-refractivity contribution >= 4 is 28.3 Å². The third-order valence-electron chi connectivity index (χ3n) is 6.25. The molecule has 0 bridgehead atoms. The first-order chi connectivity index (χ1) is 17.0. The van der Waals surface area contributed by atoms with Gasteiger partial charge in [-0.2, -0.15) is 5.10 Å². The Morgan fingerprint density at radius 2 is 1.77 bits per heavy atom. The first-order valence-electron chi connectivity index (χ1n) is 11.4. The lowest BCUT2D eigenvalue weighted by Crippen LogP contribution is -2.42. The standard InChI is InChI=1S/C27H23ClFN3O3/c28-18-6-8-19(9-7-18)35-20-11-13-32(14-12-20)27(34)23-15-17(5-10-24(23)29)16-25-21-3-1-2-4-22(21)26(33)31-30-25/h1-10,15,20H,11-14,16H2,(H,31,33). The zero-order valence-corrected chi connectivity index (χ0v) is 19.6. The molecule has 3 aromatic carbocycles. The minimum absolute atomic E-state index is 0.0176. The number of carbonyl (C=O) groups excluding carboxylic acids is 1. The molecule has 0 unspecified atom stereocenters. The van der Waals surface area contributed by atoms with Crippen molar-refractivity contribution in [3.05, 3.63) is 105 Å². The summed E-state index contributed by atoms with van der Waals surface area (Å²) in [6, 6.07) is 18.9. The number of halogens is 2. The number of amides is 1. The summed E-state index contributed by atoms with van der Waals surface area (Å²) in [6.07, 6.45) is 1.65. The number of fused-ring (bicyclic) bond motifs is 1. The second-order valence-electron chi connectivity index (χ2n) is 8.60. The number of hydrogen-bond acceptors (Lipinski definition) is 4. The van der Waals surface area contributed by atoms with Crippen LogP contribution in [0.25, 0.3) is 10.8 Å². The molecule has 1 amide bonds. The second-order valence-corrected chi connectivity index (χ2v) is 9.04. The highest BCUT2D eigenvalue weighted by atomic mass is 35.5. The van der Waals surface area contributed by atoms with E-state index in [0.29, 0.717) is 48.5 Å². The number of H-pyrrole nitrogens is 1. The van der Waals surface area contributed by atoms with E-state index in [9.17, 15) is 14.0 Å². The Balaban J connectivity index is 1.29. The quantitative estimate of drug-likeness (QED) is 0.427. The highest BCUT2D eigenvalue weighted by molar-refractivity contribution is 6.30. The van der Waals surface area contributed by atoms with Crippen LogP contribution in [0.15, 0.2) is 71.5 Å². The Bertz CT molecular complexity index is 1430. The molecular weight excluding hydrogens is 469 g/mol. The number of benzene rings is 3. The van der Waals surface area contributed by atoms with E-state index < -0.39 is 5.82 Å². The second kappa shape index (κ2) is 9.88. The Morgan fingerprint density at radius 1 is 1.06 bits per heavy atom. The number of piperidine rings is 1. The van der Waals surface area contributed by atoms with Crippen molar-refractivity contribution in [1.29, 1.82) is 0 Å². The van der Waals surface area contributed by atoms with Crippen LogP contribution in [-0.4, -0.2) is 40.2 Å². The molecule has 1 saturated heterocycles. The number of rotatable bonds is 5. The number of nitrogens with one attached hydrogen (secondary N) is 1. The SMILES string of the molecule is O=C(c1cc(Cc2n[nH]c(=O)c3ccccc23)ccc1F)N1CCC(Oc2ccc(Cl)cc2)CC1. The number of nitrogens with zero attached hydrogens (tertiary/aromatic N) is 2. The van der Waals surface area contributed by atoms with E-state index in [-0.39, 0.29) is 23.1 Å². The fourth-order valence-electron chi connectivity index (χ4n) is 4.40. The Kier molecular flexibility index (Phi) is 6.51. The van der Waals surface area contributed by atoms with Gasteiger partial charge in [0.1, 0.15) is 17.7 Å².